The SMILES string of the molecule is CCCCn1nccc1NC(=O)NC1CCCN(C(=O)c2cccs2)C1. The largest absolute Gasteiger partial charge is 0.336 e. The van der Waals surface area contributed by atoms with E-state index in [4.69, 9.17) is 0 Å². The quantitative estimate of drug-likeness (QED) is 0.814. The fourth-order valence-electron chi connectivity index (χ4n) is 3.10. The van der Waals surface area contributed by atoms with Gasteiger partial charge in [0, 0.05) is 31.7 Å². The Labute approximate surface area is 157 Å². The molecule has 2 aromatic heterocycles. The summed E-state index contributed by atoms with van der Waals surface area (Å²) in [4.78, 5) is 27.4. The number of piperidine rings is 1. The fourth-order valence-corrected chi connectivity index (χ4v) is 3.79. The van der Waals surface area contributed by atoms with Crippen molar-refractivity contribution in [2.75, 3.05) is 18.4 Å². The minimum atomic E-state index is -0.251. The van der Waals surface area contributed by atoms with Crippen LogP contribution in [-0.4, -0.2) is 45.8 Å². The van der Waals surface area contributed by atoms with Gasteiger partial charge in [-0.15, -0.1) is 11.3 Å². The second-order valence-corrected chi connectivity index (χ2v) is 7.41. The number of nitrogens with one attached hydrogen (secondary N) is 2. The molecule has 1 saturated heterocycles. The van der Waals surface area contributed by atoms with Crippen molar-refractivity contribution < 1.29 is 9.59 Å². The standard InChI is InChI=1S/C18H25N5O2S/c1-2-3-11-23-16(8-9-19-23)21-18(25)20-14-6-4-10-22(13-14)17(24)15-7-5-12-26-15/h5,7-9,12,14H,2-4,6,10-11,13H2,1H3,(H2,20,21,25). The van der Waals surface area contributed by atoms with E-state index >= 15 is 0 Å². The first-order valence-electron chi connectivity index (χ1n) is 9.09. The molecule has 26 heavy (non-hydrogen) atoms. The van der Waals surface area contributed by atoms with E-state index in [-0.39, 0.29) is 18.0 Å². The number of hydrogen-bond acceptors (Lipinski definition) is 4. The maximum absolute atomic E-state index is 12.5. The maximum atomic E-state index is 12.5. The molecule has 1 unspecified atom stereocenters. The summed E-state index contributed by atoms with van der Waals surface area (Å²) in [6, 6.07) is 5.22. The zero-order valence-electron chi connectivity index (χ0n) is 15.0. The number of rotatable bonds is 6. The summed E-state index contributed by atoms with van der Waals surface area (Å²) >= 11 is 1.45. The molecule has 0 aliphatic carbocycles. The highest BCUT2D eigenvalue weighted by molar-refractivity contribution is 7.12. The van der Waals surface area contributed by atoms with Gasteiger partial charge in [0.2, 0.25) is 0 Å². The lowest BCUT2D eigenvalue weighted by Crippen LogP contribution is -2.50. The van der Waals surface area contributed by atoms with Crippen molar-refractivity contribution in [3.63, 3.8) is 0 Å². The Morgan fingerprint density at radius 1 is 1.38 bits per heavy atom. The lowest BCUT2D eigenvalue weighted by Gasteiger charge is -2.33. The molecule has 3 amide bonds. The van der Waals surface area contributed by atoms with Crippen LogP contribution in [0.1, 0.15) is 42.3 Å². The summed E-state index contributed by atoms with van der Waals surface area (Å²) in [5.74, 6) is 0.739. The number of hydrogen-bond donors (Lipinski definition) is 2. The Morgan fingerprint density at radius 3 is 3.04 bits per heavy atom. The van der Waals surface area contributed by atoms with Gasteiger partial charge in [-0.25, -0.2) is 9.48 Å². The van der Waals surface area contributed by atoms with Crippen LogP contribution in [0.25, 0.3) is 0 Å². The Bertz CT molecular complexity index is 728. The molecule has 2 N–H and O–H groups in total. The average molecular weight is 375 g/mol. The molecule has 3 rings (SSSR count). The third kappa shape index (κ3) is 4.63. The molecule has 1 atom stereocenters. The molecule has 1 aliphatic heterocycles. The predicted octanol–water partition coefficient (Wildman–Crippen LogP) is 3.17. The lowest BCUT2D eigenvalue weighted by atomic mass is 10.1. The first kappa shape index (κ1) is 18.4. The number of amides is 3. The molecular formula is C18H25N5O2S. The van der Waals surface area contributed by atoms with Crippen molar-refractivity contribution in [1.82, 2.24) is 20.0 Å². The summed E-state index contributed by atoms with van der Waals surface area (Å²) in [6.45, 7) is 4.18. The van der Waals surface area contributed by atoms with Gasteiger partial charge in [0.25, 0.3) is 5.91 Å². The van der Waals surface area contributed by atoms with Gasteiger partial charge in [0.1, 0.15) is 5.82 Å². The van der Waals surface area contributed by atoms with Gasteiger partial charge in [0.05, 0.1) is 11.1 Å². The summed E-state index contributed by atoms with van der Waals surface area (Å²) in [6.07, 6.45) is 5.53. The number of thiophene rings is 1. The van der Waals surface area contributed by atoms with Crippen LogP contribution < -0.4 is 10.6 Å². The van der Waals surface area contributed by atoms with Crippen LogP contribution in [0.2, 0.25) is 0 Å². The third-order valence-corrected chi connectivity index (χ3v) is 5.32. The average Bonchev–Trinajstić information content (AvgIpc) is 3.31. The molecule has 0 bridgehead atoms. The maximum Gasteiger partial charge on any atom is 0.320 e. The van der Waals surface area contributed by atoms with Crippen LogP contribution in [0.15, 0.2) is 29.8 Å². The van der Waals surface area contributed by atoms with Gasteiger partial charge in [-0.2, -0.15) is 5.10 Å². The molecule has 0 spiro atoms. The van der Waals surface area contributed by atoms with Crippen molar-refractivity contribution in [3.8, 4) is 0 Å². The Balaban J connectivity index is 1.53. The second-order valence-electron chi connectivity index (χ2n) is 6.46. The first-order valence-corrected chi connectivity index (χ1v) is 9.97. The van der Waals surface area contributed by atoms with Crippen LogP contribution in [0, 0.1) is 0 Å². The molecule has 3 heterocycles. The van der Waals surface area contributed by atoms with Crippen molar-refractivity contribution in [2.24, 2.45) is 0 Å². The minimum absolute atomic E-state index is 0.0420. The molecule has 2 aromatic rings. The topological polar surface area (TPSA) is 79.3 Å². The summed E-state index contributed by atoms with van der Waals surface area (Å²) in [7, 11) is 0. The van der Waals surface area contributed by atoms with Gasteiger partial charge < -0.3 is 10.2 Å². The van der Waals surface area contributed by atoms with Crippen LogP contribution in [0.5, 0.6) is 0 Å². The molecule has 0 radical (unpaired) electrons. The van der Waals surface area contributed by atoms with Gasteiger partial charge >= 0.3 is 6.03 Å². The highest BCUT2D eigenvalue weighted by Gasteiger charge is 2.26. The third-order valence-electron chi connectivity index (χ3n) is 4.46. The van der Waals surface area contributed by atoms with E-state index in [1.54, 1.807) is 16.9 Å². The zero-order chi connectivity index (χ0) is 18.4. The van der Waals surface area contributed by atoms with Crippen molar-refractivity contribution in [1.29, 1.82) is 0 Å². The van der Waals surface area contributed by atoms with Crippen molar-refractivity contribution in [2.45, 2.75) is 45.2 Å². The number of carbonyl (C=O) groups excluding carboxylic acids is 2. The molecule has 0 aromatic carbocycles. The van der Waals surface area contributed by atoms with E-state index in [0.717, 1.165) is 43.6 Å². The summed E-state index contributed by atoms with van der Waals surface area (Å²) in [5.41, 5.74) is 0. The lowest BCUT2D eigenvalue weighted by molar-refractivity contribution is 0.0703. The van der Waals surface area contributed by atoms with Crippen LogP contribution in [0.3, 0.4) is 0 Å². The number of aryl methyl sites for hydroxylation is 1. The number of likely N-dealkylation sites (tertiary alicyclic amines) is 1. The number of carbonyl (C=O) groups is 2. The molecular weight excluding hydrogens is 350 g/mol. The van der Waals surface area contributed by atoms with Gasteiger partial charge in [-0.05, 0) is 30.7 Å². The zero-order valence-corrected chi connectivity index (χ0v) is 15.8. The number of aromatic nitrogens is 2. The predicted molar refractivity (Wildman–Crippen MR) is 103 cm³/mol. The summed E-state index contributed by atoms with van der Waals surface area (Å²) < 4.78 is 1.80. The smallest absolute Gasteiger partial charge is 0.320 e. The Hall–Kier alpha value is -2.35. The van der Waals surface area contributed by atoms with Crippen LogP contribution >= 0.6 is 11.3 Å². The number of urea groups is 1. The number of unbranched alkanes of at least 4 members (excludes halogenated alkanes) is 1. The van der Waals surface area contributed by atoms with Crippen molar-refractivity contribution in [3.05, 3.63) is 34.7 Å². The monoisotopic (exact) mass is 375 g/mol. The minimum Gasteiger partial charge on any atom is -0.336 e. The Kier molecular flexibility index (Phi) is 6.27. The Morgan fingerprint density at radius 2 is 2.27 bits per heavy atom. The van der Waals surface area contributed by atoms with Gasteiger partial charge in [0.15, 0.2) is 0 Å². The molecule has 140 valence electrons. The van der Waals surface area contributed by atoms with E-state index in [1.165, 1.54) is 11.3 Å². The molecule has 1 aliphatic rings. The van der Waals surface area contributed by atoms with E-state index in [0.29, 0.717) is 12.4 Å². The molecule has 8 heteroatoms. The highest BCUT2D eigenvalue weighted by atomic mass is 32.1. The van der Waals surface area contributed by atoms with E-state index in [1.807, 2.05) is 22.4 Å². The van der Waals surface area contributed by atoms with E-state index < -0.39 is 0 Å². The van der Waals surface area contributed by atoms with Crippen molar-refractivity contribution >= 4 is 29.1 Å². The number of nitrogens with zero attached hydrogens (tertiary/aromatic N) is 3. The summed E-state index contributed by atoms with van der Waals surface area (Å²) in [5, 5.41) is 12.0. The van der Waals surface area contributed by atoms with E-state index in [2.05, 4.69) is 22.7 Å². The number of anilines is 1. The van der Waals surface area contributed by atoms with Crippen LogP contribution in [-0.2, 0) is 6.54 Å². The van der Waals surface area contributed by atoms with Crippen LogP contribution in [0.4, 0.5) is 10.6 Å². The van der Waals surface area contributed by atoms with Gasteiger partial charge in [-0.3, -0.25) is 10.1 Å². The first-order chi connectivity index (χ1) is 12.7. The van der Waals surface area contributed by atoms with Gasteiger partial charge in [-0.1, -0.05) is 19.4 Å². The second kappa shape index (κ2) is 8.84. The molecule has 1 fully saturated rings. The fraction of sp³-hybridized carbons (Fsp3) is 0.500. The van der Waals surface area contributed by atoms with E-state index in [9.17, 15) is 9.59 Å². The highest BCUT2D eigenvalue weighted by Crippen LogP contribution is 2.17. The molecule has 0 saturated carbocycles. The molecule has 7 nitrogen and oxygen atoms in total. The normalized spacial score (nSPS) is 17.1.